The van der Waals surface area contributed by atoms with Gasteiger partial charge in [0.15, 0.2) is 11.4 Å². The number of halogens is 1. The van der Waals surface area contributed by atoms with Crippen molar-refractivity contribution in [2.75, 3.05) is 30.3 Å². The Morgan fingerprint density at radius 1 is 1.45 bits per heavy atom. The van der Waals surface area contributed by atoms with E-state index in [1.165, 1.54) is 0 Å². The zero-order chi connectivity index (χ0) is 15.3. The molecular formula is C14H15ClN6O. The molecule has 1 atom stereocenters. The molecule has 0 amide bonds. The number of nitrogens with two attached hydrogens (primary N) is 1. The van der Waals surface area contributed by atoms with Crippen LogP contribution in [0.1, 0.15) is 6.92 Å². The first-order valence-electron chi connectivity index (χ1n) is 7.11. The van der Waals surface area contributed by atoms with Gasteiger partial charge >= 0.3 is 0 Å². The van der Waals surface area contributed by atoms with Gasteiger partial charge in [0.05, 0.1) is 10.4 Å². The number of piperazine rings is 1. The monoisotopic (exact) mass is 318 g/mol. The first-order chi connectivity index (χ1) is 10.6. The number of nitrogens with one attached hydrogen (secondary N) is 1. The highest BCUT2D eigenvalue weighted by Crippen LogP contribution is 2.33. The zero-order valence-electron chi connectivity index (χ0n) is 12.0. The second kappa shape index (κ2) is 4.96. The van der Waals surface area contributed by atoms with Gasteiger partial charge in [-0.05, 0) is 13.0 Å². The predicted octanol–water partition coefficient (Wildman–Crippen LogP) is 1.80. The number of furan rings is 1. The Bertz CT molecular complexity index is 863. The van der Waals surface area contributed by atoms with Crippen LogP contribution in [0.15, 0.2) is 16.7 Å². The summed E-state index contributed by atoms with van der Waals surface area (Å²) in [4.78, 5) is 15.1. The van der Waals surface area contributed by atoms with E-state index >= 15 is 0 Å². The fraction of sp³-hybridized carbons (Fsp3) is 0.357. The molecule has 1 saturated heterocycles. The van der Waals surface area contributed by atoms with E-state index in [9.17, 15) is 0 Å². The summed E-state index contributed by atoms with van der Waals surface area (Å²) < 4.78 is 5.87. The number of aromatic nitrogens is 3. The van der Waals surface area contributed by atoms with E-state index in [1.807, 2.05) is 0 Å². The predicted molar refractivity (Wildman–Crippen MR) is 86.2 cm³/mol. The number of hydrogen-bond donors (Lipinski definition) is 2. The summed E-state index contributed by atoms with van der Waals surface area (Å²) in [5.41, 5.74) is 7.64. The molecular weight excluding hydrogens is 304 g/mol. The summed E-state index contributed by atoms with van der Waals surface area (Å²) in [6.45, 7) is 4.68. The van der Waals surface area contributed by atoms with E-state index < -0.39 is 0 Å². The van der Waals surface area contributed by atoms with Crippen molar-refractivity contribution in [2.24, 2.45) is 0 Å². The van der Waals surface area contributed by atoms with Gasteiger partial charge < -0.3 is 20.4 Å². The van der Waals surface area contributed by atoms with E-state index in [4.69, 9.17) is 21.8 Å². The third-order valence-corrected chi connectivity index (χ3v) is 4.01. The summed E-state index contributed by atoms with van der Waals surface area (Å²) in [6.07, 6.45) is 1.55. The molecule has 0 radical (unpaired) electrons. The summed E-state index contributed by atoms with van der Waals surface area (Å²) in [5.74, 6) is 0.932. The Morgan fingerprint density at radius 2 is 2.32 bits per heavy atom. The van der Waals surface area contributed by atoms with Crippen LogP contribution in [-0.2, 0) is 0 Å². The van der Waals surface area contributed by atoms with E-state index in [0.717, 1.165) is 25.0 Å². The Kier molecular flexibility index (Phi) is 3.05. The molecule has 1 aliphatic heterocycles. The number of rotatable bonds is 1. The largest absolute Gasteiger partial charge is 0.432 e. The summed E-state index contributed by atoms with van der Waals surface area (Å²) >= 11 is 6.03. The minimum atomic E-state index is 0.219. The highest BCUT2D eigenvalue weighted by atomic mass is 35.5. The van der Waals surface area contributed by atoms with Gasteiger partial charge in [-0.25, -0.2) is 9.97 Å². The molecule has 1 fully saturated rings. The maximum Gasteiger partial charge on any atom is 0.229 e. The van der Waals surface area contributed by atoms with Crippen LogP contribution in [0.25, 0.3) is 22.2 Å². The third kappa shape index (κ3) is 2.13. The molecule has 3 aromatic rings. The van der Waals surface area contributed by atoms with Crippen molar-refractivity contribution in [3.8, 4) is 0 Å². The number of fused-ring (bicyclic) bond motifs is 3. The lowest BCUT2D eigenvalue weighted by molar-refractivity contribution is 0.481. The van der Waals surface area contributed by atoms with Crippen molar-refractivity contribution >= 4 is 45.6 Å². The molecule has 0 aromatic carbocycles. The minimum Gasteiger partial charge on any atom is -0.432 e. The number of nitrogens with zero attached hydrogens (tertiary/aromatic N) is 4. The van der Waals surface area contributed by atoms with Crippen LogP contribution < -0.4 is 16.0 Å². The summed E-state index contributed by atoms with van der Waals surface area (Å²) in [7, 11) is 0. The van der Waals surface area contributed by atoms with Crippen LogP contribution in [0.5, 0.6) is 0 Å². The van der Waals surface area contributed by atoms with Crippen LogP contribution in [0.3, 0.4) is 0 Å². The lowest BCUT2D eigenvalue weighted by Crippen LogP contribution is -2.49. The Morgan fingerprint density at radius 3 is 3.14 bits per heavy atom. The molecule has 4 heterocycles. The van der Waals surface area contributed by atoms with Gasteiger partial charge in [0, 0.05) is 31.9 Å². The molecule has 0 aliphatic carbocycles. The molecule has 114 valence electrons. The Labute approximate surface area is 131 Å². The third-order valence-electron chi connectivity index (χ3n) is 3.80. The van der Waals surface area contributed by atoms with E-state index in [2.05, 4.69) is 32.1 Å². The van der Waals surface area contributed by atoms with Crippen molar-refractivity contribution in [3.63, 3.8) is 0 Å². The normalized spacial score (nSPS) is 19.2. The highest BCUT2D eigenvalue weighted by molar-refractivity contribution is 6.31. The number of hydrogen-bond acceptors (Lipinski definition) is 7. The van der Waals surface area contributed by atoms with E-state index in [1.54, 1.807) is 12.3 Å². The van der Waals surface area contributed by atoms with Gasteiger partial charge in [0.25, 0.3) is 0 Å². The zero-order valence-corrected chi connectivity index (χ0v) is 12.8. The second-order valence-electron chi connectivity index (χ2n) is 5.49. The molecule has 0 saturated carbocycles. The van der Waals surface area contributed by atoms with Crippen LogP contribution in [0.4, 0.5) is 11.8 Å². The molecule has 7 nitrogen and oxygen atoms in total. The van der Waals surface area contributed by atoms with Crippen LogP contribution in [-0.4, -0.2) is 40.6 Å². The summed E-state index contributed by atoms with van der Waals surface area (Å²) in [5, 5.41) is 4.68. The van der Waals surface area contributed by atoms with Gasteiger partial charge in [0.2, 0.25) is 11.7 Å². The van der Waals surface area contributed by atoms with Crippen molar-refractivity contribution in [1.29, 1.82) is 0 Å². The van der Waals surface area contributed by atoms with E-state index in [-0.39, 0.29) is 5.95 Å². The fourth-order valence-electron chi connectivity index (χ4n) is 2.85. The first kappa shape index (κ1) is 13.5. The molecule has 0 bridgehead atoms. The lowest BCUT2D eigenvalue weighted by Gasteiger charge is -2.32. The topological polar surface area (TPSA) is 93.1 Å². The lowest BCUT2D eigenvalue weighted by atomic mass is 10.2. The van der Waals surface area contributed by atoms with Crippen molar-refractivity contribution < 1.29 is 4.42 Å². The standard InChI is InChI=1S/C14H15ClN6O/c1-7-6-21(3-2-17-7)12-11-10(19-14(16)20-12)9-4-8(15)5-18-13(9)22-11/h4-5,7,17H,2-3,6H2,1H3,(H2,16,19,20)/t7-/m0/s1. The van der Waals surface area contributed by atoms with E-state index in [0.29, 0.717) is 33.7 Å². The summed E-state index contributed by atoms with van der Waals surface area (Å²) in [6, 6.07) is 2.16. The SMILES string of the molecule is C[C@H]1CN(c2nc(N)nc3c2oc2ncc(Cl)cc23)CCN1. The minimum absolute atomic E-state index is 0.219. The molecule has 3 N–H and O–H groups in total. The first-order valence-corrected chi connectivity index (χ1v) is 7.49. The molecule has 1 aliphatic rings. The van der Waals surface area contributed by atoms with Gasteiger partial charge in [-0.1, -0.05) is 11.6 Å². The van der Waals surface area contributed by atoms with Crippen LogP contribution in [0.2, 0.25) is 5.02 Å². The molecule has 4 rings (SSSR count). The van der Waals surface area contributed by atoms with Crippen molar-refractivity contribution in [3.05, 3.63) is 17.3 Å². The number of pyridine rings is 1. The van der Waals surface area contributed by atoms with Crippen LogP contribution >= 0.6 is 11.6 Å². The Hall–Kier alpha value is -2.12. The molecule has 3 aromatic heterocycles. The maximum absolute atomic E-state index is 6.03. The quantitative estimate of drug-likeness (QED) is 0.706. The highest BCUT2D eigenvalue weighted by Gasteiger charge is 2.23. The number of nitrogen functional groups attached to an aromatic ring is 1. The molecule has 8 heteroatoms. The molecule has 0 spiro atoms. The Balaban J connectivity index is 1.96. The maximum atomic E-state index is 6.03. The van der Waals surface area contributed by atoms with Crippen molar-refractivity contribution in [2.45, 2.75) is 13.0 Å². The smallest absolute Gasteiger partial charge is 0.229 e. The molecule has 0 unspecified atom stereocenters. The van der Waals surface area contributed by atoms with Gasteiger partial charge in [-0.2, -0.15) is 4.98 Å². The number of anilines is 2. The average molecular weight is 319 g/mol. The van der Waals surface area contributed by atoms with Crippen LogP contribution in [0, 0.1) is 0 Å². The van der Waals surface area contributed by atoms with Gasteiger partial charge in [0.1, 0.15) is 5.52 Å². The van der Waals surface area contributed by atoms with Gasteiger partial charge in [-0.15, -0.1) is 0 Å². The second-order valence-corrected chi connectivity index (χ2v) is 5.93. The van der Waals surface area contributed by atoms with Crippen molar-refractivity contribution in [1.82, 2.24) is 20.3 Å². The van der Waals surface area contributed by atoms with Gasteiger partial charge in [-0.3, -0.25) is 0 Å². The molecule has 22 heavy (non-hydrogen) atoms. The average Bonchev–Trinajstić information content (AvgIpc) is 2.84. The fourth-order valence-corrected chi connectivity index (χ4v) is 3.00.